The predicted octanol–water partition coefficient (Wildman–Crippen LogP) is 3.11. The Balaban J connectivity index is 2.56. The van der Waals surface area contributed by atoms with Gasteiger partial charge in [0.05, 0.1) is 5.92 Å². The van der Waals surface area contributed by atoms with E-state index in [1.165, 1.54) is 0 Å². The van der Waals surface area contributed by atoms with Crippen molar-refractivity contribution in [2.24, 2.45) is 0 Å². The molecule has 0 aliphatic carbocycles. The first-order valence-corrected chi connectivity index (χ1v) is 6.56. The van der Waals surface area contributed by atoms with Crippen LogP contribution in [0.3, 0.4) is 0 Å². The Hall–Kier alpha value is -1.35. The van der Waals surface area contributed by atoms with Gasteiger partial charge >= 0.3 is 5.97 Å². The summed E-state index contributed by atoms with van der Waals surface area (Å²) in [6, 6.07) is 7.68. The van der Waals surface area contributed by atoms with E-state index >= 15 is 0 Å². The lowest BCUT2D eigenvalue weighted by molar-refractivity contribution is -0.139. The van der Waals surface area contributed by atoms with Crippen molar-refractivity contribution in [2.75, 3.05) is 6.61 Å². The molecule has 2 N–H and O–H groups in total. The van der Waals surface area contributed by atoms with Gasteiger partial charge in [-0.15, -0.1) is 0 Å². The molecule has 18 heavy (non-hydrogen) atoms. The van der Waals surface area contributed by atoms with Crippen LogP contribution >= 0.6 is 0 Å². The monoisotopic (exact) mass is 250 g/mol. The maximum Gasteiger partial charge on any atom is 0.310 e. The first-order valence-electron chi connectivity index (χ1n) is 6.56. The topological polar surface area (TPSA) is 57.5 Å². The smallest absolute Gasteiger partial charge is 0.310 e. The fourth-order valence-corrected chi connectivity index (χ4v) is 2.20. The third-order valence-electron chi connectivity index (χ3n) is 3.26. The van der Waals surface area contributed by atoms with Gasteiger partial charge < -0.3 is 10.2 Å². The summed E-state index contributed by atoms with van der Waals surface area (Å²) in [4.78, 5) is 11.3. The van der Waals surface area contributed by atoms with Crippen LogP contribution in [-0.4, -0.2) is 22.8 Å². The highest BCUT2D eigenvalue weighted by Crippen LogP contribution is 2.25. The molecule has 0 heterocycles. The summed E-state index contributed by atoms with van der Waals surface area (Å²) < 4.78 is 0. The third-order valence-corrected chi connectivity index (χ3v) is 3.26. The van der Waals surface area contributed by atoms with Crippen molar-refractivity contribution < 1.29 is 15.0 Å². The van der Waals surface area contributed by atoms with Gasteiger partial charge in [-0.1, -0.05) is 43.5 Å². The second-order valence-electron chi connectivity index (χ2n) is 4.67. The number of rotatable bonds is 8. The highest BCUT2D eigenvalue weighted by molar-refractivity contribution is 5.76. The summed E-state index contributed by atoms with van der Waals surface area (Å²) in [6.07, 6.45) is 4.33. The zero-order chi connectivity index (χ0) is 13.4. The van der Waals surface area contributed by atoms with Crippen LogP contribution in [-0.2, 0) is 4.79 Å². The molecule has 1 atom stereocenters. The molecular formula is C15H22O3. The quantitative estimate of drug-likeness (QED) is 0.697. The molecule has 0 radical (unpaired) electrons. The normalized spacial score (nSPS) is 12.3. The van der Waals surface area contributed by atoms with Gasteiger partial charge in [0.1, 0.15) is 0 Å². The van der Waals surface area contributed by atoms with E-state index in [2.05, 4.69) is 0 Å². The number of aliphatic hydroxyl groups excluding tert-OH is 1. The first-order chi connectivity index (χ1) is 8.66. The summed E-state index contributed by atoms with van der Waals surface area (Å²) in [6.45, 7) is 2.18. The van der Waals surface area contributed by atoms with Crippen molar-refractivity contribution in [1.29, 1.82) is 0 Å². The van der Waals surface area contributed by atoms with Crippen LogP contribution in [0.4, 0.5) is 0 Å². The summed E-state index contributed by atoms with van der Waals surface area (Å²) in [5.41, 5.74) is 1.97. The van der Waals surface area contributed by atoms with Gasteiger partial charge in [-0.05, 0) is 30.9 Å². The largest absolute Gasteiger partial charge is 0.481 e. The lowest BCUT2D eigenvalue weighted by Crippen LogP contribution is -2.12. The Kier molecular flexibility index (Phi) is 6.44. The van der Waals surface area contributed by atoms with E-state index in [0.29, 0.717) is 6.42 Å². The summed E-state index contributed by atoms with van der Waals surface area (Å²) in [5.74, 6) is -1.15. The molecule has 0 saturated carbocycles. The number of hydrogen-bond acceptors (Lipinski definition) is 2. The standard InChI is InChI=1S/C15H22O3/c1-12-8-5-6-9-13(12)14(15(17)18)10-4-2-3-7-11-16/h5-6,8-9,14,16H,2-4,7,10-11H2,1H3,(H,17,18). The number of benzene rings is 1. The van der Waals surface area contributed by atoms with E-state index in [1.54, 1.807) is 0 Å². The third kappa shape index (κ3) is 4.49. The van der Waals surface area contributed by atoms with E-state index in [9.17, 15) is 9.90 Å². The summed E-state index contributed by atoms with van der Waals surface area (Å²) >= 11 is 0. The molecule has 1 aromatic carbocycles. The number of carboxylic acids is 1. The van der Waals surface area contributed by atoms with E-state index < -0.39 is 11.9 Å². The number of carboxylic acid groups (broad SMARTS) is 1. The molecule has 0 amide bonds. The fourth-order valence-electron chi connectivity index (χ4n) is 2.20. The zero-order valence-electron chi connectivity index (χ0n) is 10.9. The maximum absolute atomic E-state index is 11.3. The van der Waals surface area contributed by atoms with Crippen LogP contribution < -0.4 is 0 Å². The van der Waals surface area contributed by atoms with Gasteiger partial charge in [-0.2, -0.15) is 0 Å². The number of aliphatic carboxylic acids is 1. The minimum absolute atomic E-state index is 0.222. The Labute approximate surface area is 108 Å². The first kappa shape index (κ1) is 14.7. The molecule has 0 bridgehead atoms. The molecule has 3 nitrogen and oxygen atoms in total. The van der Waals surface area contributed by atoms with Crippen LogP contribution in [0.25, 0.3) is 0 Å². The second kappa shape index (κ2) is 7.88. The zero-order valence-corrected chi connectivity index (χ0v) is 10.9. The van der Waals surface area contributed by atoms with Crippen molar-refractivity contribution in [2.45, 2.75) is 44.9 Å². The van der Waals surface area contributed by atoms with E-state index in [4.69, 9.17) is 5.11 Å². The Morgan fingerprint density at radius 2 is 1.83 bits per heavy atom. The van der Waals surface area contributed by atoms with Gasteiger partial charge in [0.25, 0.3) is 0 Å². The SMILES string of the molecule is Cc1ccccc1C(CCCCCCO)C(=O)O. The lowest BCUT2D eigenvalue weighted by Gasteiger charge is -2.15. The molecule has 1 rings (SSSR count). The van der Waals surface area contributed by atoms with Crippen molar-refractivity contribution in [3.63, 3.8) is 0 Å². The Morgan fingerprint density at radius 3 is 2.44 bits per heavy atom. The number of hydrogen-bond donors (Lipinski definition) is 2. The highest BCUT2D eigenvalue weighted by atomic mass is 16.4. The number of aryl methyl sites for hydroxylation is 1. The molecule has 1 aromatic rings. The summed E-state index contributed by atoms with van der Waals surface area (Å²) in [5, 5.41) is 18.0. The average molecular weight is 250 g/mol. The van der Waals surface area contributed by atoms with Crippen LogP contribution in [0.2, 0.25) is 0 Å². The Morgan fingerprint density at radius 1 is 1.17 bits per heavy atom. The molecular weight excluding hydrogens is 228 g/mol. The van der Waals surface area contributed by atoms with Crippen LogP contribution in [0.5, 0.6) is 0 Å². The van der Waals surface area contributed by atoms with Crippen molar-refractivity contribution in [1.82, 2.24) is 0 Å². The van der Waals surface area contributed by atoms with Crippen molar-refractivity contribution in [3.8, 4) is 0 Å². The van der Waals surface area contributed by atoms with Gasteiger partial charge in [0.15, 0.2) is 0 Å². The molecule has 0 saturated heterocycles. The second-order valence-corrected chi connectivity index (χ2v) is 4.67. The van der Waals surface area contributed by atoms with Crippen LogP contribution in [0.15, 0.2) is 24.3 Å². The lowest BCUT2D eigenvalue weighted by atomic mass is 9.90. The van der Waals surface area contributed by atoms with Crippen LogP contribution in [0.1, 0.15) is 49.1 Å². The molecule has 100 valence electrons. The Bertz CT molecular complexity index is 374. The molecule has 0 aromatic heterocycles. The minimum Gasteiger partial charge on any atom is -0.481 e. The van der Waals surface area contributed by atoms with E-state index in [0.717, 1.165) is 36.8 Å². The van der Waals surface area contributed by atoms with Gasteiger partial charge in [-0.25, -0.2) is 0 Å². The maximum atomic E-state index is 11.3. The highest BCUT2D eigenvalue weighted by Gasteiger charge is 2.20. The van der Waals surface area contributed by atoms with Gasteiger partial charge in [-0.3, -0.25) is 4.79 Å². The molecule has 0 aliphatic rings. The average Bonchev–Trinajstić information content (AvgIpc) is 2.35. The number of carbonyl (C=O) groups is 1. The van der Waals surface area contributed by atoms with E-state index in [-0.39, 0.29) is 6.61 Å². The molecule has 0 fully saturated rings. The van der Waals surface area contributed by atoms with Gasteiger partial charge in [0, 0.05) is 6.61 Å². The molecule has 0 aliphatic heterocycles. The van der Waals surface area contributed by atoms with Crippen molar-refractivity contribution in [3.05, 3.63) is 35.4 Å². The van der Waals surface area contributed by atoms with Crippen LogP contribution in [0, 0.1) is 6.92 Å². The number of unbranched alkanes of at least 4 members (excludes halogenated alkanes) is 3. The summed E-state index contributed by atoms with van der Waals surface area (Å²) in [7, 11) is 0. The fraction of sp³-hybridized carbons (Fsp3) is 0.533. The van der Waals surface area contributed by atoms with Gasteiger partial charge in [0.2, 0.25) is 0 Å². The molecule has 3 heteroatoms. The minimum atomic E-state index is -0.744. The van der Waals surface area contributed by atoms with E-state index in [1.807, 2.05) is 31.2 Å². The molecule has 0 spiro atoms. The molecule has 1 unspecified atom stereocenters. The predicted molar refractivity (Wildman–Crippen MR) is 71.7 cm³/mol. The number of aliphatic hydroxyl groups is 1. The van der Waals surface area contributed by atoms with Crippen molar-refractivity contribution >= 4 is 5.97 Å².